The van der Waals surface area contributed by atoms with Crippen LogP contribution in [0.25, 0.3) is 0 Å². The molecular formula is C9H13BrMgO. The van der Waals surface area contributed by atoms with E-state index in [4.69, 9.17) is 4.74 Å². The number of halogens is 1. The summed E-state index contributed by atoms with van der Waals surface area (Å²) in [6, 6.07) is 8.12. The fraction of sp³-hybridized carbons (Fsp3) is 0.333. The summed E-state index contributed by atoms with van der Waals surface area (Å²) < 4.78 is 5.09. The van der Waals surface area contributed by atoms with Crippen LogP contribution in [0.15, 0.2) is 24.3 Å². The van der Waals surface area contributed by atoms with Crippen molar-refractivity contribution in [2.45, 2.75) is 6.42 Å². The molecule has 0 aliphatic carbocycles. The second-order valence-electron chi connectivity index (χ2n) is 2.29. The van der Waals surface area contributed by atoms with Crippen LogP contribution >= 0.6 is 15.9 Å². The maximum atomic E-state index is 5.09. The van der Waals surface area contributed by atoms with Crippen LogP contribution in [0.1, 0.15) is 5.56 Å². The lowest BCUT2D eigenvalue weighted by molar-refractivity contribution is 0.414. The maximum absolute atomic E-state index is 5.09. The summed E-state index contributed by atoms with van der Waals surface area (Å²) in [6.07, 6.45) is 1.05. The molecule has 1 aromatic carbocycles. The monoisotopic (exact) mass is 240 g/mol. The maximum Gasteiger partial charge on any atom is 0.316 e. The third-order valence-corrected chi connectivity index (χ3v) is 1.91. The molecule has 0 aliphatic heterocycles. The lowest BCUT2D eigenvalue weighted by atomic mass is 10.2. The number of hydrogen-bond acceptors (Lipinski definition) is 1. The number of benzene rings is 1. The third-order valence-electron chi connectivity index (χ3n) is 1.52. The molecule has 0 N–H and O–H groups in total. The molecule has 0 spiro atoms. The molecule has 0 atom stereocenters. The van der Waals surface area contributed by atoms with Gasteiger partial charge < -0.3 is 4.74 Å². The van der Waals surface area contributed by atoms with Crippen LogP contribution < -0.4 is 4.74 Å². The summed E-state index contributed by atoms with van der Waals surface area (Å²) in [5.41, 5.74) is 1.31. The van der Waals surface area contributed by atoms with Crippen LogP contribution in [0.4, 0.5) is 0 Å². The van der Waals surface area contributed by atoms with Gasteiger partial charge in [-0.3, -0.25) is 0 Å². The molecule has 0 unspecified atom stereocenters. The van der Waals surface area contributed by atoms with E-state index in [1.165, 1.54) is 5.56 Å². The molecule has 0 heterocycles. The molecule has 1 rings (SSSR count). The van der Waals surface area contributed by atoms with Crippen molar-refractivity contribution < 1.29 is 4.74 Å². The molecule has 3 heteroatoms. The Morgan fingerprint density at radius 3 is 2.75 bits per heavy atom. The number of rotatable bonds is 3. The molecule has 0 radical (unpaired) electrons. The Morgan fingerprint density at radius 2 is 2.17 bits per heavy atom. The summed E-state index contributed by atoms with van der Waals surface area (Å²) in [5, 5.41) is 1.00. The molecule has 0 saturated carbocycles. The normalized spacial score (nSPS) is 8.83. The van der Waals surface area contributed by atoms with Gasteiger partial charge in [-0.2, -0.15) is 0 Å². The zero-order chi connectivity index (χ0) is 8.10. The molecule has 0 bridgehead atoms. The number of hydrogen-bond donors (Lipinski definition) is 0. The Labute approximate surface area is 97.8 Å². The van der Waals surface area contributed by atoms with Gasteiger partial charge in [0.1, 0.15) is 5.75 Å². The first-order valence-corrected chi connectivity index (χ1v) is 4.68. The first-order valence-electron chi connectivity index (χ1n) is 3.55. The average Bonchev–Trinajstić information content (AvgIpc) is 2.06. The van der Waals surface area contributed by atoms with E-state index < -0.39 is 0 Å². The van der Waals surface area contributed by atoms with Crippen LogP contribution in [-0.4, -0.2) is 35.5 Å². The summed E-state index contributed by atoms with van der Waals surface area (Å²) in [5.74, 6) is 0.934. The summed E-state index contributed by atoms with van der Waals surface area (Å²) in [6.45, 7) is 0. The molecule has 64 valence electrons. The Hall–Kier alpha value is 0.266. The van der Waals surface area contributed by atoms with E-state index in [-0.39, 0.29) is 23.1 Å². The van der Waals surface area contributed by atoms with Crippen molar-refractivity contribution in [3.8, 4) is 5.75 Å². The van der Waals surface area contributed by atoms with E-state index in [0.29, 0.717) is 0 Å². The van der Waals surface area contributed by atoms with Gasteiger partial charge in [-0.15, -0.1) is 0 Å². The van der Waals surface area contributed by atoms with Crippen LogP contribution in [0, 0.1) is 0 Å². The predicted molar refractivity (Wildman–Crippen MR) is 59.0 cm³/mol. The number of ether oxygens (including phenoxy) is 1. The highest BCUT2D eigenvalue weighted by molar-refractivity contribution is 9.09. The summed E-state index contributed by atoms with van der Waals surface area (Å²) >= 11 is 3.39. The topological polar surface area (TPSA) is 9.23 Å². The molecule has 0 saturated heterocycles. The van der Waals surface area contributed by atoms with E-state index in [0.717, 1.165) is 17.5 Å². The lowest BCUT2D eigenvalue weighted by Gasteiger charge is -2.01. The first-order chi connectivity index (χ1) is 5.36. The Bertz CT molecular complexity index is 228. The molecular weight excluding hydrogens is 228 g/mol. The zero-order valence-electron chi connectivity index (χ0n) is 6.51. The second-order valence-corrected chi connectivity index (χ2v) is 3.08. The van der Waals surface area contributed by atoms with Gasteiger partial charge in [-0.25, -0.2) is 0 Å². The van der Waals surface area contributed by atoms with Crippen LogP contribution in [0.3, 0.4) is 0 Å². The van der Waals surface area contributed by atoms with Crippen LogP contribution in [-0.2, 0) is 6.42 Å². The minimum atomic E-state index is 0. The van der Waals surface area contributed by atoms with E-state index in [1.54, 1.807) is 7.11 Å². The molecule has 12 heavy (non-hydrogen) atoms. The lowest BCUT2D eigenvalue weighted by Crippen LogP contribution is -1.87. The smallest absolute Gasteiger partial charge is 0.316 e. The number of alkyl halides is 1. The van der Waals surface area contributed by atoms with Gasteiger partial charge >= 0.3 is 23.1 Å². The molecule has 1 aromatic rings. The highest BCUT2D eigenvalue weighted by atomic mass is 79.9. The second kappa shape index (κ2) is 6.75. The highest BCUT2D eigenvalue weighted by Gasteiger charge is 1.93. The first kappa shape index (κ1) is 12.3. The van der Waals surface area contributed by atoms with Gasteiger partial charge in [0.05, 0.1) is 7.11 Å². The molecule has 1 nitrogen and oxygen atoms in total. The molecule has 0 aliphatic rings. The van der Waals surface area contributed by atoms with E-state index in [1.807, 2.05) is 12.1 Å². The fourth-order valence-corrected chi connectivity index (χ4v) is 1.39. The minimum absolute atomic E-state index is 0. The summed E-state index contributed by atoms with van der Waals surface area (Å²) in [4.78, 5) is 0. The predicted octanol–water partition coefficient (Wildman–Crippen LogP) is 1.72. The van der Waals surface area contributed by atoms with Crippen molar-refractivity contribution in [2.24, 2.45) is 0 Å². The van der Waals surface area contributed by atoms with E-state index in [2.05, 4.69) is 28.1 Å². The number of methoxy groups -OCH3 is 1. The van der Waals surface area contributed by atoms with Crippen LogP contribution in [0.5, 0.6) is 5.75 Å². The Balaban J connectivity index is 0.00000121. The van der Waals surface area contributed by atoms with Gasteiger partial charge in [0.15, 0.2) is 0 Å². The molecule has 0 aromatic heterocycles. The molecule has 0 amide bonds. The van der Waals surface area contributed by atoms with Crippen LogP contribution in [0.2, 0.25) is 0 Å². The van der Waals surface area contributed by atoms with Gasteiger partial charge in [-0.05, 0) is 24.1 Å². The minimum Gasteiger partial charge on any atom is -0.497 e. The standard InChI is InChI=1S/C9H11BrO.Mg.2H/c1-11-9-4-2-3-8(7-9)5-6-10;;;/h2-4,7H,5-6H2,1H3;;;. The molecule has 0 fully saturated rings. The zero-order valence-corrected chi connectivity index (χ0v) is 8.10. The van der Waals surface area contributed by atoms with E-state index in [9.17, 15) is 0 Å². The van der Waals surface area contributed by atoms with Gasteiger partial charge in [0.25, 0.3) is 0 Å². The Morgan fingerprint density at radius 1 is 1.42 bits per heavy atom. The van der Waals surface area contributed by atoms with Crippen molar-refractivity contribution >= 4 is 39.0 Å². The average molecular weight is 241 g/mol. The summed E-state index contributed by atoms with van der Waals surface area (Å²) in [7, 11) is 1.69. The fourth-order valence-electron chi connectivity index (χ4n) is 0.937. The third kappa shape index (κ3) is 3.78. The quantitative estimate of drug-likeness (QED) is 0.578. The van der Waals surface area contributed by atoms with Crippen molar-refractivity contribution in [3.63, 3.8) is 0 Å². The SMILES string of the molecule is COc1cccc(CCBr)c1.[MgH2]. The van der Waals surface area contributed by atoms with Crippen molar-refractivity contribution in [2.75, 3.05) is 12.4 Å². The highest BCUT2D eigenvalue weighted by Crippen LogP contribution is 2.13. The van der Waals surface area contributed by atoms with Crippen molar-refractivity contribution in [1.29, 1.82) is 0 Å². The van der Waals surface area contributed by atoms with Gasteiger partial charge in [0, 0.05) is 5.33 Å². The van der Waals surface area contributed by atoms with Crippen molar-refractivity contribution in [1.82, 2.24) is 0 Å². The largest absolute Gasteiger partial charge is 0.497 e. The van der Waals surface area contributed by atoms with E-state index >= 15 is 0 Å². The van der Waals surface area contributed by atoms with Gasteiger partial charge in [-0.1, -0.05) is 28.1 Å². The Kier molecular flexibility index (Phi) is 6.90. The van der Waals surface area contributed by atoms with Gasteiger partial charge in [0.2, 0.25) is 0 Å². The number of aryl methyl sites for hydroxylation is 1. The van der Waals surface area contributed by atoms with Crippen molar-refractivity contribution in [3.05, 3.63) is 29.8 Å².